The van der Waals surface area contributed by atoms with Gasteiger partial charge in [-0.3, -0.25) is 0 Å². The zero-order valence-corrected chi connectivity index (χ0v) is 11.5. The highest BCUT2D eigenvalue weighted by molar-refractivity contribution is 5.49. The fourth-order valence-electron chi connectivity index (χ4n) is 3.80. The van der Waals surface area contributed by atoms with Crippen LogP contribution in [0, 0.1) is 6.92 Å². The molecule has 4 rings (SSSR count). The summed E-state index contributed by atoms with van der Waals surface area (Å²) in [6.45, 7) is 2.00. The molecule has 3 heterocycles. The summed E-state index contributed by atoms with van der Waals surface area (Å²) in [6, 6.07) is 0.457. The molecule has 1 aromatic rings. The first kappa shape index (κ1) is 11.6. The van der Waals surface area contributed by atoms with Gasteiger partial charge >= 0.3 is 0 Å². The smallest absolute Gasteiger partial charge is 0.133 e. The molecule has 4 nitrogen and oxygen atoms in total. The summed E-state index contributed by atoms with van der Waals surface area (Å²) in [6.07, 6.45) is 9.24. The molecule has 3 aliphatic rings. The molecule has 2 fully saturated rings. The van der Waals surface area contributed by atoms with Crippen LogP contribution in [0.2, 0.25) is 0 Å². The van der Waals surface area contributed by atoms with Crippen molar-refractivity contribution in [3.8, 4) is 0 Å². The lowest BCUT2D eigenvalue weighted by atomic mass is 9.93. The molecule has 3 atom stereocenters. The Kier molecular flexibility index (Phi) is 2.72. The normalized spacial score (nSPS) is 32.4. The minimum atomic E-state index is 0.402. The summed E-state index contributed by atoms with van der Waals surface area (Å²) in [5.41, 5.74) is 2.63. The molecule has 102 valence electrons. The average molecular weight is 259 g/mol. The number of hydrogen-bond donors (Lipinski definition) is 1. The second-order valence-corrected chi connectivity index (χ2v) is 6.11. The van der Waals surface area contributed by atoms with E-state index in [2.05, 4.69) is 15.3 Å². The van der Waals surface area contributed by atoms with Gasteiger partial charge < -0.3 is 10.1 Å². The average Bonchev–Trinajstić information content (AvgIpc) is 3.01. The zero-order chi connectivity index (χ0) is 12.8. The number of aryl methyl sites for hydroxylation is 2. The molecule has 4 heteroatoms. The Morgan fingerprint density at radius 1 is 1.16 bits per heavy atom. The Labute approximate surface area is 114 Å². The van der Waals surface area contributed by atoms with Gasteiger partial charge in [0.25, 0.3) is 0 Å². The molecule has 0 radical (unpaired) electrons. The standard InChI is InChI=1S/C15H21N3O/c1-9-16-12-5-3-2-4-11(12)15(17-9)18-13-8-10-6-7-14(13)19-10/h10,13-14H,2-8H2,1H3,(H,16,17,18). The van der Waals surface area contributed by atoms with E-state index < -0.39 is 0 Å². The van der Waals surface area contributed by atoms with Gasteiger partial charge in [-0.15, -0.1) is 0 Å². The Morgan fingerprint density at radius 2 is 2.05 bits per heavy atom. The molecule has 0 saturated carbocycles. The Morgan fingerprint density at radius 3 is 2.84 bits per heavy atom. The molecule has 3 unspecified atom stereocenters. The molecule has 0 amide bonds. The first-order valence-electron chi connectivity index (χ1n) is 7.58. The van der Waals surface area contributed by atoms with Crippen LogP contribution in [0.4, 0.5) is 5.82 Å². The quantitative estimate of drug-likeness (QED) is 0.886. The van der Waals surface area contributed by atoms with Crippen LogP contribution in [0.1, 0.15) is 49.2 Å². The Bertz CT molecular complexity index is 502. The molecule has 1 aromatic heterocycles. The largest absolute Gasteiger partial charge is 0.373 e. The van der Waals surface area contributed by atoms with Crippen LogP contribution in [0.5, 0.6) is 0 Å². The van der Waals surface area contributed by atoms with Gasteiger partial charge in [-0.1, -0.05) is 0 Å². The zero-order valence-electron chi connectivity index (χ0n) is 11.5. The predicted molar refractivity (Wildman–Crippen MR) is 73.3 cm³/mol. The van der Waals surface area contributed by atoms with Crippen molar-refractivity contribution in [2.24, 2.45) is 0 Å². The third-order valence-corrected chi connectivity index (χ3v) is 4.72. The first-order chi connectivity index (χ1) is 9.29. The van der Waals surface area contributed by atoms with Crippen LogP contribution in [0.25, 0.3) is 0 Å². The van der Waals surface area contributed by atoms with E-state index in [1.54, 1.807) is 0 Å². The summed E-state index contributed by atoms with van der Waals surface area (Å²) in [7, 11) is 0. The maximum absolute atomic E-state index is 5.93. The predicted octanol–water partition coefficient (Wildman–Crippen LogP) is 2.40. The summed E-state index contributed by atoms with van der Waals surface area (Å²) < 4.78 is 5.93. The van der Waals surface area contributed by atoms with Gasteiger partial charge in [0.05, 0.1) is 18.2 Å². The van der Waals surface area contributed by atoms with Crippen LogP contribution < -0.4 is 5.32 Å². The first-order valence-corrected chi connectivity index (χ1v) is 7.58. The van der Waals surface area contributed by atoms with Gasteiger partial charge in [0.1, 0.15) is 11.6 Å². The number of aromatic nitrogens is 2. The molecule has 1 aliphatic carbocycles. The molecule has 2 bridgehead atoms. The number of nitrogens with one attached hydrogen (secondary N) is 1. The SMILES string of the molecule is Cc1nc2c(c(NC3CC4CCC3O4)n1)CCCC2. The molecule has 19 heavy (non-hydrogen) atoms. The molecule has 1 N–H and O–H groups in total. The lowest BCUT2D eigenvalue weighted by Gasteiger charge is -2.24. The lowest BCUT2D eigenvalue weighted by molar-refractivity contribution is 0.102. The van der Waals surface area contributed by atoms with Crippen LogP contribution in [-0.4, -0.2) is 28.2 Å². The van der Waals surface area contributed by atoms with Crippen molar-refractivity contribution in [1.82, 2.24) is 9.97 Å². The summed E-state index contributed by atoms with van der Waals surface area (Å²) in [5, 5.41) is 3.67. The van der Waals surface area contributed by atoms with Crippen LogP contribution in [0.15, 0.2) is 0 Å². The number of hydrogen-bond acceptors (Lipinski definition) is 4. The van der Waals surface area contributed by atoms with Gasteiger partial charge in [-0.25, -0.2) is 9.97 Å². The van der Waals surface area contributed by atoms with Gasteiger partial charge in [0, 0.05) is 11.3 Å². The molecule has 2 saturated heterocycles. The summed E-state index contributed by atoms with van der Waals surface area (Å²) in [5.74, 6) is 1.98. The van der Waals surface area contributed by atoms with Gasteiger partial charge in [-0.05, 0) is 51.9 Å². The number of rotatable bonds is 2. The number of fused-ring (bicyclic) bond motifs is 3. The van der Waals surface area contributed by atoms with Crippen molar-refractivity contribution in [1.29, 1.82) is 0 Å². The maximum Gasteiger partial charge on any atom is 0.133 e. The van der Waals surface area contributed by atoms with Gasteiger partial charge in [0.15, 0.2) is 0 Å². The van der Waals surface area contributed by atoms with Crippen LogP contribution >= 0.6 is 0 Å². The minimum absolute atomic E-state index is 0.402. The van der Waals surface area contributed by atoms with E-state index in [0.717, 1.165) is 30.9 Å². The van der Waals surface area contributed by atoms with E-state index >= 15 is 0 Å². The van der Waals surface area contributed by atoms with Gasteiger partial charge in [-0.2, -0.15) is 0 Å². The molecular weight excluding hydrogens is 238 g/mol. The lowest BCUT2D eigenvalue weighted by Crippen LogP contribution is -2.32. The molecule has 0 spiro atoms. The van der Waals surface area contributed by atoms with Crippen molar-refractivity contribution in [3.63, 3.8) is 0 Å². The minimum Gasteiger partial charge on any atom is -0.373 e. The van der Waals surface area contributed by atoms with Crippen molar-refractivity contribution >= 4 is 5.82 Å². The fraction of sp³-hybridized carbons (Fsp3) is 0.733. The number of nitrogens with zero attached hydrogens (tertiary/aromatic N) is 2. The van der Waals surface area contributed by atoms with E-state index in [9.17, 15) is 0 Å². The van der Waals surface area contributed by atoms with E-state index in [0.29, 0.717) is 18.2 Å². The highest BCUT2D eigenvalue weighted by Crippen LogP contribution is 2.36. The molecule has 0 aromatic carbocycles. The summed E-state index contributed by atoms with van der Waals surface area (Å²) >= 11 is 0. The second-order valence-electron chi connectivity index (χ2n) is 6.11. The van der Waals surface area contributed by atoms with E-state index in [-0.39, 0.29) is 0 Å². The summed E-state index contributed by atoms with van der Waals surface area (Å²) in [4.78, 5) is 9.27. The third-order valence-electron chi connectivity index (χ3n) is 4.72. The molecule has 2 aliphatic heterocycles. The third kappa shape index (κ3) is 2.02. The van der Waals surface area contributed by atoms with Crippen molar-refractivity contribution in [2.45, 2.75) is 70.1 Å². The Balaban J connectivity index is 1.62. The number of ether oxygens (including phenoxy) is 1. The van der Waals surface area contributed by atoms with Crippen LogP contribution in [-0.2, 0) is 17.6 Å². The van der Waals surface area contributed by atoms with Crippen molar-refractivity contribution < 1.29 is 4.74 Å². The maximum atomic E-state index is 5.93. The van der Waals surface area contributed by atoms with E-state index in [1.165, 1.54) is 36.9 Å². The topological polar surface area (TPSA) is 47.0 Å². The highest BCUT2D eigenvalue weighted by Gasteiger charge is 2.41. The van der Waals surface area contributed by atoms with Crippen molar-refractivity contribution in [3.05, 3.63) is 17.1 Å². The number of anilines is 1. The van der Waals surface area contributed by atoms with E-state index in [4.69, 9.17) is 4.74 Å². The van der Waals surface area contributed by atoms with Gasteiger partial charge in [0.2, 0.25) is 0 Å². The highest BCUT2D eigenvalue weighted by atomic mass is 16.5. The fourth-order valence-corrected chi connectivity index (χ4v) is 3.80. The van der Waals surface area contributed by atoms with Crippen LogP contribution in [0.3, 0.4) is 0 Å². The van der Waals surface area contributed by atoms with Crippen molar-refractivity contribution in [2.75, 3.05) is 5.32 Å². The molecular formula is C15H21N3O. The Hall–Kier alpha value is -1.16. The second kappa shape index (κ2) is 4.44. The monoisotopic (exact) mass is 259 g/mol. The van der Waals surface area contributed by atoms with E-state index in [1.807, 2.05) is 6.92 Å².